The van der Waals surface area contributed by atoms with Crippen molar-refractivity contribution < 1.29 is 37.2 Å². The van der Waals surface area contributed by atoms with Crippen LogP contribution in [0.5, 0.6) is 0 Å². The molecular formula is C15H16F3NO6. The van der Waals surface area contributed by atoms with E-state index in [0.29, 0.717) is 0 Å². The number of nitro benzene ring substituents is 1. The molecule has 0 atom stereocenters. The minimum absolute atomic E-state index is 0.178. The number of esters is 2. The Kier molecular flexibility index (Phi) is 6.11. The summed E-state index contributed by atoms with van der Waals surface area (Å²) >= 11 is 0. The van der Waals surface area contributed by atoms with E-state index in [4.69, 9.17) is 9.47 Å². The molecule has 0 spiro atoms. The number of benzene rings is 1. The lowest BCUT2D eigenvalue weighted by atomic mass is 9.79. The van der Waals surface area contributed by atoms with Crippen LogP contribution in [0.15, 0.2) is 18.2 Å². The monoisotopic (exact) mass is 363 g/mol. The van der Waals surface area contributed by atoms with Gasteiger partial charge in [0.1, 0.15) is 0 Å². The third-order valence-corrected chi connectivity index (χ3v) is 3.43. The highest BCUT2D eigenvalue weighted by molar-refractivity contribution is 6.06. The summed E-state index contributed by atoms with van der Waals surface area (Å²) in [4.78, 5) is 34.3. The predicted molar refractivity (Wildman–Crippen MR) is 78.7 cm³/mol. The van der Waals surface area contributed by atoms with Crippen LogP contribution in [0.25, 0.3) is 0 Å². The number of ether oxygens (including phenoxy) is 2. The van der Waals surface area contributed by atoms with E-state index in [1.54, 1.807) is 0 Å². The molecule has 0 saturated carbocycles. The normalized spacial score (nSPS) is 11.8. The molecular weight excluding hydrogens is 347 g/mol. The number of carbonyl (C=O) groups is 2. The van der Waals surface area contributed by atoms with Crippen molar-refractivity contribution in [2.75, 3.05) is 13.2 Å². The van der Waals surface area contributed by atoms with Gasteiger partial charge in [0.25, 0.3) is 5.69 Å². The fraction of sp³-hybridized carbons (Fsp3) is 0.467. The van der Waals surface area contributed by atoms with Gasteiger partial charge in [0, 0.05) is 12.1 Å². The number of nitrogens with zero attached hydrogens (tertiary/aromatic N) is 1. The maximum Gasteiger partial charge on any atom is 0.416 e. The molecule has 10 heteroatoms. The van der Waals surface area contributed by atoms with Crippen LogP contribution < -0.4 is 0 Å². The van der Waals surface area contributed by atoms with Crippen LogP contribution in [0.3, 0.4) is 0 Å². The first kappa shape index (κ1) is 20.4. The predicted octanol–water partition coefficient (Wildman–Crippen LogP) is 3.00. The summed E-state index contributed by atoms with van der Waals surface area (Å²) in [6.07, 6.45) is -5.04. The van der Waals surface area contributed by atoms with Crippen molar-refractivity contribution in [2.45, 2.75) is 32.4 Å². The van der Waals surface area contributed by atoms with Crippen LogP contribution in [-0.2, 0) is 30.7 Å². The summed E-state index contributed by atoms with van der Waals surface area (Å²) in [7, 11) is 0. The molecule has 1 rings (SSSR count). The highest BCUT2D eigenvalue weighted by atomic mass is 19.4. The average molecular weight is 363 g/mol. The number of halogens is 3. The second-order valence-corrected chi connectivity index (χ2v) is 5.05. The highest BCUT2D eigenvalue weighted by Gasteiger charge is 2.51. The maximum atomic E-state index is 13.4. The fourth-order valence-corrected chi connectivity index (χ4v) is 2.17. The summed E-state index contributed by atoms with van der Waals surface area (Å²) in [6.45, 7) is 3.41. The average Bonchev–Trinajstić information content (AvgIpc) is 2.53. The van der Waals surface area contributed by atoms with Crippen LogP contribution in [0, 0.1) is 10.1 Å². The van der Waals surface area contributed by atoms with E-state index in [9.17, 15) is 32.9 Å². The first-order chi connectivity index (χ1) is 11.5. The lowest BCUT2D eigenvalue weighted by Crippen LogP contribution is -2.45. The molecule has 0 heterocycles. The van der Waals surface area contributed by atoms with Crippen LogP contribution in [-0.4, -0.2) is 30.1 Å². The molecule has 0 amide bonds. The summed E-state index contributed by atoms with van der Waals surface area (Å²) in [6, 6.07) is 1.77. The molecule has 0 bridgehead atoms. The summed E-state index contributed by atoms with van der Waals surface area (Å²) < 4.78 is 49.6. The summed E-state index contributed by atoms with van der Waals surface area (Å²) in [5.74, 6) is -2.49. The Morgan fingerprint density at radius 1 is 1.08 bits per heavy atom. The van der Waals surface area contributed by atoms with Crippen molar-refractivity contribution in [3.05, 3.63) is 39.4 Å². The SMILES string of the molecule is CCOC(=O)C(C)(C(=O)OCC)c1ccc([N+](=O)[O-])cc1C(F)(F)F. The first-order valence-electron chi connectivity index (χ1n) is 7.20. The maximum absolute atomic E-state index is 13.4. The molecule has 1 aromatic carbocycles. The van der Waals surface area contributed by atoms with E-state index in [-0.39, 0.29) is 19.3 Å². The van der Waals surface area contributed by atoms with Gasteiger partial charge < -0.3 is 9.47 Å². The van der Waals surface area contributed by atoms with Gasteiger partial charge in [0.05, 0.1) is 23.7 Å². The Hall–Kier alpha value is -2.65. The third-order valence-electron chi connectivity index (χ3n) is 3.43. The molecule has 0 radical (unpaired) electrons. The lowest BCUT2D eigenvalue weighted by molar-refractivity contribution is -0.385. The first-order valence-corrected chi connectivity index (χ1v) is 7.20. The molecule has 0 aliphatic carbocycles. The molecule has 25 heavy (non-hydrogen) atoms. The molecule has 0 unspecified atom stereocenters. The molecule has 0 saturated heterocycles. The van der Waals surface area contributed by atoms with Crippen LogP contribution in [0.2, 0.25) is 0 Å². The van der Waals surface area contributed by atoms with Crippen molar-refractivity contribution in [1.82, 2.24) is 0 Å². The number of nitro groups is 1. The molecule has 1 aromatic rings. The number of hydrogen-bond acceptors (Lipinski definition) is 6. The van der Waals surface area contributed by atoms with Crippen molar-refractivity contribution in [3.8, 4) is 0 Å². The molecule has 0 aromatic heterocycles. The van der Waals surface area contributed by atoms with E-state index in [1.807, 2.05) is 0 Å². The van der Waals surface area contributed by atoms with Gasteiger partial charge in [-0.15, -0.1) is 0 Å². The zero-order valence-corrected chi connectivity index (χ0v) is 13.7. The molecule has 0 aliphatic rings. The van der Waals surface area contributed by atoms with E-state index < -0.39 is 45.3 Å². The Morgan fingerprint density at radius 2 is 1.56 bits per heavy atom. The topological polar surface area (TPSA) is 95.7 Å². The Bertz CT molecular complexity index is 668. The van der Waals surface area contributed by atoms with Gasteiger partial charge in [-0.3, -0.25) is 19.7 Å². The largest absolute Gasteiger partial charge is 0.465 e. The van der Waals surface area contributed by atoms with Gasteiger partial charge in [0.15, 0.2) is 5.41 Å². The number of alkyl halides is 3. The molecule has 0 N–H and O–H groups in total. The smallest absolute Gasteiger partial charge is 0.416 e. The van der Waals surface area contributed by atoms with E-state index >= 15 is 0 Å². The van der Waals surface area contributed by atoms with Crippen LogP contribution in [0.1, 0.15) is 31.9 Å². The van der Waals surface area contributed by atoms with E-state index in [1.165, 1.54) is 13.8 Å². The third kappa shape index (κ3) is 4.06. The van der Waals surface area contributed by atoms with Crippen LogP contribution >= 0.6 is 0 Å². The second kappa shape index (κ2) is 7.49. The van der Waals surface area contributed by atoms with Gasteiger partial charge in [0.2, 0.25) is 0 Å². The minimum atomic E-state index is -5.04. The van der Waals surface area contributed by atoms with Gasteiger partial charge in [-0.25, -0.2) is 0 Å². The Balaban J connectivity index is 3.72. The summed E-state index contributed by atoms with van der Waals surface area (Å²) in [5.41, 5.74) is -5.51. The van der Waals surface area contributed by atoms with Crippen molar-refractivity contribution in [1.29, 1.82) is 0 Å². The summed E-state index contributed by atoms with van der Waals surface area (Å²) in [5, 5.41) is 10.8. The van der Waals surface area contributed by atoms with Gasteiger partial charge in [-0.2, -0.15) is 13.2 Å². The number of carbonyl (C=O) groups excluding carboxylic acids is 2. The lowest BCUT2D eigenvalue weighted by Gasteiger charge is -2.28. The van der Waals surface area contributed by atoms with Gasteiger partial charge in [-0.05, 0) is 32.4 Å². The van der Waals surface area contributed by atoms with Crippen molar-refractivity contribution >= 4 is 17.6 Å². The van der Waals surface area contributed by atoms with E-state index in [0.717, 1.165) is 19.1 Å². The second-order valence-electron chi connectivity index (χ2n) is 5.05. The number of non-ortho nitro benzene ring substituents is 1. The van der Waals surface area contributed by atoms with Crippen molar-refractivity contribution in [2.24, 2.45) is 0 Å². The molecule has 0 aliphatic heterocycles. The van der Waals surface area contributed by atoms with Crippen molar-refractivity contribution in [3.63, 3.8) is 0 Å². The zero-order chi connectivity index (χ0) is 19.4. The zero-order valence-electron chi connectivity index (χ0n) is 13.7. The number of rotatable bonds is 6. The van der Waals surface area contributed by atoms with Gasteiger partial charge in [-0.1, -0.05) is 0 Å². The fourth-order valence-electron chi connectivity index (χ4n) is 2.17. The Labute approximate surface area is 140 Å². The van der Waals surface area contributed by atoms with Gasteiger partial charge >= 0.3 is 18.1 Å². The molecule has 0 fully saturated rings. The van der Waals surface area contributed by atoms with Crippen LogP contribution in [0.4, 0.5) is 18.9 Å². The highest BCUT2D eigenvalue weighted by Crippen LogP contribution is 2.40. The Morgan fingerprint density at radius 3 is 1.92 bits per heavy atom. The molecule has 138 valence electrons. The number of hydrogen-bond donors (Lipinski definition) is 0. The molecule has 7 nitrogen and oxygen atoms in total. The van der Waals surface area contributed by atoms with E-state index in [2.05, 4.69) is 0 Å². The standard InChI is InChI=1S/C15H16F3NO6/c1-4-24-12(20)14(3,13(21)25-5-2)10-7-6-9(19(22)23)8-11(10)15(16,17)18/h6-8H,4-5H2,1-3H3. The minimum Gasteiger partial charge on any atom is -0.465 e. The quantitative estimate of drug-likeness (QED) is 0.334.